The van der Waals surface area contributed by atoms with Gasteiger partial charge in [-0.3, -0.25) is 9.59 Å². The second kappa shape index (κ2) is 9.22. The van der Waals surface area contributed by atoms with Gasteiger partial charge in [0, 0.05) is 22.9 Å². The molecule has 0 radical (unpaired) electrons. The first kappa shape index (κ1) is 20.9. The van der Waals surface area contributed by atoms with Gasteiger partial charge in [-0.15, -0.1) is 0 Å². The molecule has 2 aromatic heterocycles. The van der Waals surface area contributed by atoms with E-state index in [4.69, 9.17) is 4.74 Å². The molecule has 0 aliphatic carbocycles. The predicted octanol–water partition coefficient (Wildman–Crippen LogP) is 3.53. The van der Waals surface area contributed by atoms with Crippen LogP contribution in [0.15, 0.2) is 73.1 Å². The molecule has 0 aliphatic rings. The quantitative estimate of drug-likeness (QED) is 0.453. The van der Waals surface area contributed by atoms with Gasteiger partial charge in [0.1, 0.15) is 17.9 Å². The van der Waals surface area contributed by atoms with Crippen molar-refractivity contribution in [3.05, 3.63) is 95.6 Å². The topological polar surface area (TPSA) is 99.0 Å². The van der Waals surface area contributed by atoms with Gasteiger partial charge in [-0.2, -0.15) is 5.10 Å². The lowest BCUT2D eigenvalue weighted by molar-refractivity contribution is -0.118. The van der Waals surface area contributed by atoms with Crippen LogP contribution in [0.2, 0.25) is 0 Å². The Morgan fingerprint density at radius 2 is 1.66 bits per heavy atom. The summed E-state index contributed by atoms with van der Waals surface area (Å²) in [4.78, 5) is 33.0. The summed E-state index contributed by atoms with van der Waals surface area (Å²) in [6.45, 7) is 3.62. The molecule has 2 aromatic carbocycles. The molecule has 32 heavy (non-hydrogen) atoms. The number of hydrogen-bond acceptors (Lipinski definition) is 6. The number of carbonyl (C=O) groups excluding carboxylic acids is 2. The molecule has 1 amide bonds. The fraction of sp³-hybridized carbons (Fsp3) is 0.125. The zero-order valence-corrected chi connectivity index (χ0v) is 17.6. The molecule has 4 aromatic rings. The largest absolute Gasteiger partial charge is 0.484 e. The molecule has 0 aliphatic heterocycles. The second-order valence-corrected chi connectivity index (χ2v) is 7.16. The lowest BCUT2D eigenvalue weighted by atomic mass is 10.0. The van der Waals surface area contributed by atoms with Crippen LogP contribution in [0.1, 0.15) is 27.3 Å². The summed E-state index contributed by atoms with van der Waals surface area (Å²) in [5.41, 5.74) is 2.96. The minimum Gasteiger partial charge on any atom is -0.484 e. The highest BCUT2D eigenvalue weighted by atomic mass is 16.5. The van der Waals surface area contributed by atoms with Gasteiger partial charge in [0.15, 0.2) is 18.2 Å². The van der Waals surface area contributed by atoms with Gasteiger partial charge in [-0.25, -0.2) is 14.6 Å². The van der Waals surface area contributed by atoms with Gasteiger partial charge in [-0.1, -0.05) is 30.3 Å². The van der Waals surface area contributed by atoms with Crippen LogP contribution in [-0.2, 0) is 4.79 Å². The number of nitrogens with zero attached hydrogens (tertiary/aromatic N) is 4. The molecule has 0 unspecified atom stereocenters. The fourth-order valence-corrected chi connectivity index (χ4v) is 3.18. The lowest BCUT2D eigenvalue weighted by Crippen LogP contribution is -2.21. The third kappa shape index (κ3) is 4.86. The normalized spacial score (nSPS) is 10.6. The van der Waals surface area contributed by atoms with Gasteiger partial charge in [-0.05, 0) is 44.2 Å². The summed E-state index contributed by atoms with van der Waals surface area (Å²) in [6.07, 6.45) is 1.37. The van der Waals surface area contributed by atoms with E-state index in [1.807, 2.05) is 38.1 Å². The van der Waals surface area contributed by atoms with E-state index in [0.717, 1.165) is 11.4 Å². The molecule has 4 rings (SSSR count). The molecule has 0 atom stereocenters. The van der Waals surface area contributed by atoms with Crippen molar-refractivity contribution in [2.45, 2.75) is 13.8 Å². The van der Waals surface area contributed by atoms with E-state index in [2.05, 4.69) is 20.4 Å². The smallest absolute Gasteiger partial charge is 0.263 e. The first-order valence-electron chi connectivity index (χ1n) is 9.98. The summed E-state index contributed by atoms with van der Waals surface area (Å²) in [7, 11) is 0. The highest BCUT2D eigenvalue weighted by Gasteiger charge is 2.11. The Hall–Kier alpha value is -4.33. The highest BCUT2D eigenvalue weighted by Crippen LogP contribution is 2.16. The van der Waals surface area contributed by atoms with Gasteiger partial charge < -0.3 is 10.1 Å². The van der Waals surface area contributed by atoms with E-state index in [0.29, 0.717) is 28.5 Å². The molecule has 8 heteroatoms. The molecule has 8 nitrogen and oxygen atoms in total. The number of nitrogens with one attached hydrogen (secondary N) is 1. The van der Waals surface area contributed by atoms with Gasteiger partial charge >= 0.3 is 0 Å². The zero-order chi connectivity index (χ0) is 22.5. The summed E-state index contributed by atoms with van der Waals surface area (Å²) in [5.74, 6) is 0.945. The van der Waals surface area contributed by atoms with E-state index in [1.165, 1.54) is 6.33 Å². The van der Waals surface area contributed by atoms with Crippen molar-refractivity contribution >= 4 is 17.5 Å². The van der Waals surface area contributed by atoms with E-state index >= 15 is 0 Å². The van der Waals surface area contributed by atoms with Crippen LogP contribution in [0, 0.1) is 13.8 Å². The Balaban J connectivity index is 1.35. The Bertz CT molecular complexity index is 1250. The number of carbonyl (C=O) groups is 2. The van der Waals surface area contributed by atoms with Crippen LogP contribution in [0.5, 0.6) is 5.75 Å². The van der Waals surface area contributed by atoms with Crippen molar-refractivity contribution < 1.29 is 14.3 Å². The van der Waals surface area contributed by atoms with Crippen LogP contribution < -0.4 is 10.1 Å². The molecule has 0 spiro atoms. The monoisotopic (exact) mass is 427 g/mol. The summed E-state index contributed by atoms with van der Waals surface area (Å²) >= 11 is 0. The lowest BCUT2D eigenvalue weighted by Gasteiger charge is -2.09. The maximum absolute atomic E-state index is 12.5. The average Bonchev–Trinajstić information content (AvgIpc) is 3.16. The molecular formula is C24H21N5O3. The molecule has 1 N–H and O–H groups in total. The zero-order valence-electron chi connectivity index (χ0n) is 17.6. The Morgan fingerprint density at radius 1 is 0.938 bits per heavy atom. The Labute approximate surface area is 184 Å². The van der Waals surface area contributed by atoms with E-state index in [-0.39, 0.29) is 18.3 Å². The molecule has 0 bridgehead atoms. The molecule has 2 heterocycles. The van der Waals surface area contributed by atoms with Crippen LogP contribution in [0.25, 0.3) is 5.82 Å². The Morgan fingerprint density at radius 3 is 2.34 bits per heavy atom. The van der Waals surface area contributed by atoms with Crippen LogP contribution in [-0.4, -0.2) is 38.0 Å². The summed E-state index contributed by atoms with van der Waals surface area (Å²) in [6, 6.07) is 19.3. The molecule has 0 saturated heterocycles. The van der Waals surface area contributed by atoms with Crippen molar-refractivity contribution in [2.75, 3.05) is 11.9 Å². The van der Waals surface area contributed by atoms with Crippen molar-refractivity contribution in [3.63, 3.8) is 0 Å². The number of ketones is 1. The van der Waals surface area contributed by atoms with Crippen LogP contribution in [0.3, 0.4) is 0 Å². The highest BCUT2D eigenvalue weighted by molar-refractivity contribution is 6.09. The minimum absolute atomic E-state index is 0.0722. The minimum atomic E-state index is -0.368. The van der Waals surface area contributed by atoms with E-state index in [1.54, 1.807) is 47.1 Å². The predicted molar refractivity (Wildman–Crippen MR) is 119 cm³/mol. The maximum Gasteiger partial charge on any atom is 0.263 e. The van der Waals surface area contributed by atoms with E-state index < -0.39 is 0 Å². The Kier molecular flexibility index (Phi) is 6.03. The third-order valence-electron chi connectivity index (χ3n) is 4.67. The van der Waals surface area contributed by atoms with Crippen LogP contribution >= 0.6 is 0 Å². The number of anilines is 1. The first-order chi connectivity index (χ1) is 15.5. The number of hydrogen-bond donors (Lipinski definition) is 1. The van der Waals surface area contributed by atoms with Crippen LogP contribution in [0.4, 0.5) is 5.82 Å². The van der Waals surface area contributed by atoms with Gasteiger partial charge in [0.2, 0.25) is 0 Å². The van der Waals surface area contributed by atoms with Crippen molar-refractivity contribution in [1.29, 1.82) is 0 Å². The fourth-order valence-electron chi connectivity index (χ4n) is 3.18. The average molecular weight is 427 g/mol. The van der Waals surface area contributed by atoms with E-state index in [9.17, 15) is 9.59 Å². The summed E-state index contributed by atoms with van der Waals surface area (Å²) in [5, 5.41) is 7.07. The standard InChI is InChI=1S/C24H21N5O3/c1-16-12-17(2)29(28-16)22-13-21(25-15-26-22)27-23(30)14-32-20-10-8-19(9-11-20)24(31)18-6-4-3-5-7-18/h3-13,15H,14H2,1-2H3,(H,25,26,27,30). The summed E-state index contributed by atoms with van der Waals surface area (Å²) < 4.78 is 7.22. The number of ether oxygens (including phenoxy) is 1. The second-order valence-electron chi connectivity index (χ2n) is 7.16. The molecule has 160 valence electrons. The third-order valence-corrected chi connectivity index (χ3v) is 4.67. The SMILES string of the molecule is Cc1cc(C)n(-c2cc(NC(=O)COc3ccc(C(=O)c4ccccc4)cc3)ncn2)n1. The number of amides is 1. The van der Waals surface area contributed by atoms with Crippen molar-refractivity contribution in [2.24, 2.45) is 0 Å². The number of benzene rings is 2. The molecule has 0 fully saturated rings. The first-order valence-corrected chi connectivity index (χ1v) is 9.98. The molecular weight excluding hydrogens is 406 g/mol. The van der Waals surface area contributed by atoms with Crippen molar-refractivity contribution in [3.8, 4) is 11.6 Å². The number of rotatable bonds is 7. The number of aryl methyl sites for hydroxylation is 2. The van der Waals surface area contributed by atoms with Gasteiger partial charge in [0.25, 0.3) is 5.91 Å². The van der Waals surface area contributed by atoms with Gasteiger partial charge in [0.05, 0.1) is 5.69 Å². The van der Waals surface area contributed by atoms with Crippen molar-refractivity contribution in [1.82, 2.24) is 19.7 Å². The molecule has 0 saturated carbocycles. The maximum atomic E-state index is 12.5. The number of aromatic nitrogens is 4.